The van der Waals surface area contributed by atoms with Crippen molar-refractivity contribution in [2.24, 2.45) is 0 Å². The van der Waals surface area contributed by atoms with E-state index in [-0.39, 0.29) is 17.6 Å². The fraction of sp³-hybridized carbons (Fsp3) is 0.333. The highest BCUT2D eigenvalue weighted by molar-refractivity contribution is 5.85. The third-order valence-corrected chi connectivity index (χ3v) is 2.73. The van der Waals surface area contributed by atoms with Gasteiger partial charge in [0.2, 0.25) is 0 Å². The van der Waals surface area contributed by atoms with E-state index in [1.165, 1.54) is 26.4 Å². The number of esters is 1. The molecule has 0 amide bonds. The highest BCUT2D eigenvalue weighted by Crippen LogP contribution is 2.26. The van der Waals surface area contributed by atoms with Crippen molar-refractivity contribution >= 4 is 17.9 Å². The SMILES string of the molecule is COC(=O)CCC[NH+]=C(O)/C=C\c1ccc(O)c(OC)c1. The average Bonchev–Trinajstić information content (AvgIpc) is 2.50. The molecule has 1 aromatic carbocycles. The van der Waals surface area contributed by atoms with Crippen LogP contribution >= 0.6 is 0 Å². The summed E-state index contributed by atoms with van der Waals surface area (Å²) in [5.41, 5.74) is 0.771. The maximum Gasteiger partial charge on any atom is 0.358 e. The van der Waals surface area contributed by atoms with Crippen LogP contribution in [0.1, 0.15) is 18.4 Å². The Labute approximate surface area is 123 Å². The minimum atomic E-state index is -0.275. The maximum absolute atomic E-state index is 10.9. The maximum atomic E-state index is 10.9. The number of hydrogen-bond donors (Lipinski definition) is 3. The van der Waals surface area contributed by atoms with Crippen LogP contribution in [0.5, 0.6) is 11.5 Å². The summed E-state index contributed by atoms with van der Waals surface area (Å²) in [7, 11) is 2.81. The number of methoxy groups -OCH3 is 2. The topological polar surface area (TPSA) is 90.0 Å². The van der Waals surface area contributed by atoms with Crippen molar-refractivity contribution in [2.45, 2.75) is 12.8 Å². The molecule has 1 aromatic rings. The summed E-state index contributed by atoms with van der Waals surface area (Å²) < 4.78 is 9.50. The Morgan fingerprint density at radius 3 is 2.81 bits per heavy atom. The van der Waals surface area contributed by atoms with Gasteiger partial charge in [-0.25, -0.2) is 4.99 Å². The van der Waals surface area contributed by atoms with Crippen LogP contribution in [0, 0.1) is 0 Å². The first-order valence-corrected chi connectivity index (χ1v) is 6.48. The zero-order chi connectivity index (χ0) is 15.7. The molecule has 0 spiro atoms. The van der Waals surface area contributed by atoms with Crippen molar-refractivity contribution in [3.8, 4) is 11.5 Å². The number of carbonyl (C=O) groups is 1. The Kier molecular flexibility index (Phi) is 6.80. The second-order valence-corrected chi connectivity index (χ2v) is 4.26. The van der Waals surface area contributed by atoms with Crippen LogP contribution in [0.25, 0.3) is 6.08 Å². The Morgan fingerprint density at radius 1 is 1.38 bits per heavy atom. The first kappa shape index (κ1) is 16.6. The molecule has 3 N–H and O–H groups in total. The van der Waals surface area contributed by atoms with E-state index in [9.17, 15) is 15.0 Å². The number of phenolic OH excluding ortho intramolecular Hbond substituents is 1. The summed E-state index contributed by atoms with van der Waals surface area (Å²) in [5.74, 6) is 0.140. The lowest BCUT2D eigenvalue weighted by Crippen LogP contribution is -2.72. The molecule has 0 heterocycles. The smallest absolute Gasteiger partial charge is 0.358 e. The Bertz CT molecular complexity index is 537. The monoisotopic (exact) mass is 294 g/mol. The van der Waals surface area contributed by atoms with E-state index in [1.54, 1.807) is 18.2 Å². The quantitative estimate of drug-likeness (QED) is 0.293. The lowest BCUT2D eigenvalue weighted by Gasteiger charge is -2.03. The molecular weight excluding hydrogens is 274 g/mol. The van der Waals surface area contributed by atoms with Crippen LogP contribution in [-0.2, 0) is 9.53 Å². The van der Waals surface area contributed by atoms with Crippen LogP contribution in [0.4, 0.5) is 0 Å². The van der Waals surface area contributed by atoms with Gasteiger partial charge >= 0.3 is 11.9 Å². The lowest BCUT2D eigenvalue weighted by atomic mass is 10.2. The molecule has 0 aliphatic rings. The van der Waals surface area contributed by atoms with E-state index in [0.29, 0.717) is 25.1 Å². The first-order chi connectivity index (χ1) is 10.1. The third-order valence-electron chi connectivity index (χ3n) is 2.73. The van der Waals surface area contributed by atoms with Crippen molar-refractivity contribution in [1.82, 2.24) is 0 Å². The lowest BCUT2D eigenvalue weighted by molar-refractivity contribution is -0.465. The van der Waals surface area contributed by atoms with Crippen molar-refractivity contribution < 1.29 is 29.5 Å². The molecule has 114 valence electrons. The van der Waals surface area contributed by atoms with Gasteiger partial charge in [0.1, 0.15) is 6.54 Å². The molecule has 1 rings (SSSR count). The van der Waals surface area contributed by atoms with Gasteiger partial charge in [0.15, 0.2) is 11.5 Å². The molecule has 0 fully saturated rings. The molecule has 0 atom stereocenters. The van der Waals surface area contributed by atoms with Crippen LogP contribution in [0.15, 0.2) is 24.3 Å². The molecule has 0 saturated heterocycles. The summed E-state index contributed by atoms with van der Waals surface area (Å²) in [5, 5.41) is 19.1. The van der Waals surface area contributed by atoms with Gasteiger partial charge in [-0.15, -0.1) is 0 Å². The summed E-state index contributed by atoms with van der Waals surface area (Å²) >= 11 is 0. The molecule has 0 aromatic heterocycles. The van der Waals surface area contributed by atoms with Gasteiger partial charge in [-0.2, -0.15) is 0 Å². The zero-order valence-electron chi connectivity index (χ0n) is 12.1. The van der Waals surface area contributed by atoms with Gasteiger partial charge in [0, 0.05) is 6.42 Å². The fourth-order valence-corrected chi connectivity index (χ4v) is 1.58. The number of aliphatic hydroxyl groups is 1. The van der Waals surface area contributed by atoms with E-state index in [4.69, 9.17) is 4.74 Å². The van der Waals surface area contributed by atoms with E-state index in [0.717, 1.165) is 5.56 Å². The number of aromatic hydroxyl groups is 1. The molecule has 6 nitrogen and oxygen atoms in total. The normalized spacial score (nSPS) is 11.6. The molecule has 6 heteroatoms. The number of hydrogen-bond acceptors (Lipinski definition) is 4. The summed E-state index contributed by atoms with van der Waals surface area (Å²) in [6.07, 6.45) is 4.03. The Morgan fingerprint density at radius 2 is 2.14 bits per heavy atom. The van der Waals surface area contributed by atoms with E-state index < -0.39 is 0 Å². The molecule has 0 aliphatic carbocycles. The second-order valence-electron chi connectivity index (χ2n) is 4.26. The average molecular weight is 294 g/mol. The number of carbonyl (C=O) groups excluding carboxylic acids is 1. The van der Waals surface area contributed by atoms with Crippen LogP contribution in [0.3, 0.4) is 0 Å². The van der Waals surface area contributed by atoms with Crippen molar-refractivity contribution in [2.75, 3.05) is 20.8 Å². The van der Waals surface area contributed by atoms with Crippen molar-refractivity contribution in [1.29, 1.82) is 0 Å². The van der Waals surface area contributed by atoms with Gasteiger partial charge < -0.3 is 19.7 Å². The molecular formula is C15H20NO5+. The molecule has 0 aliphatic heterocycles. The van der Waals surface area contributed by atoms with Gasteiger partial charge in [-0.05, 0) is 23.8 Å². The van der Waals surface area contributed by atoms with Gasteiger partial charge in [-0.1, -0.05) is 6.07 Å². The number of aliphatic hydroxyl groups excluding tert-OH is 1. The molecule has 0 saturated carbocycles. The van der Waals surface area contributed by atoms with Crippen molar-refractivity contribution in [3.63, 3.8) is 0 Å². The molecule has 0 bridgehead atoms. The second kappa shape index (κ2) is 8.63. The number of rotatable bonds is 7. The first-order valence-electron chi connectivity index (χ1n) is 6.48. The minimum Gasteiger partial charge on any atom is -0.504 e. The minimum absolute atomic E-state index is 0.00749. The van der Waals surface area contributed by atoms with Crippen LogP contribution in [0.2, 0.25) is 0 Å². The number of ether oxygens (including phenoxy) is 2. The summed E-state index contributed by atoms with van der Waals surface area (Å²) in [6.45, 7) is 0.462. The van der Waals surface area contributed by atoms with Crippen LogP contribution in [-0.4, -0.2) is 42.8 Å². The number of nitrogens with one attached hydrogen (secondary N) is 1. The van der Waals surface area contributed by atoms with Gasteiger partial charge in [-0.3, -0.25) is 4.79 Å². The predicted octanol–water partition coefficient (Wildman–Crippen LogP) is 0.404. The Hall–Kier alpha value is -2.50. The highest BCUT2D eigenvalue weighted by atomic mass is 16.5. The summed E-state index contributed by atoms with van der Waals surface area (Å²) in [6, 6.07) is 4.86. The van der Waals surface area contributed by atoms with E-state index >= 15 is 0 Å². The standard InChI is InChI=1S/C15H19NO5/c1-20-13-10-11(5-7-12(13)17)6-8-14(18)16-9-3-4-15(19)21-2/h5-8,10,17H,3-4,9H2,1-2H3,(H,16,18)/p+1/b8-6-. The fourth-order valence-electron chi connectivity index (χ4n) is 1.58. The summed E-state index contributed by atoms with van der Waals surface area (Å²) in [4.78, 5) is 13.7. The van der Waals surface area contributed by atoms with Crippen molar-refractivity contribution in [3.05, 3.63) is 29.8 Å². The Balaban J connectivity index is 2.53. The largest absolute Gasteiger partial charge is 0.504 e. The molecule has 21 heavy (non-hydrogen) atoms. The third kappa shape index (κ3) is 5.99. The predicted molar refractivity (Wildman–Crippen MR) is 78.4 cm³/mol. The van der Waals surface area contributed by atoms with E-state index in [1.807, 2.05) is 0 Å². The molecule has 0 radical (unpaired) electrons. The van der Waals surface area contributed by atoms with Gasteiger partial charge in [0.05, 0.1) is 26.7 Å². The number of phenols is 1. The highest BCUT2D eigenvalue weighted by Gasteiger charge is 2.03. The van der Waals surface area contributed by atoms with Crippen LogP contribution < -0.4 is 9.73 Å². The van der Waals surface area contributed by atoms with E-state index in [2.05, 4.69) is 9.73 Å². The molecule has 0 unspecified atom stereocenters. The number of benzene rings is 1. The zero-order valence-corrected chi connectivity index (χ0v) is 12.1. The van der Waals surface area contributed by atoms with Gasteiger partial charge in [0.25, 0.3) is 0 Å².